The second-order valence-corrected chi connectivity index (χ2v) is 5.38. The standard InChI is InChI=1S/C13H13ClN2O2S/c1-8(6-9-4-5-19-7-9)15-12-10(13(17)18)2-3-11(14)16-12/h2-5,7-8H,6H2,1H3,(H,15,16)(H,17,18). The number of rotatable bonds is 5. The minimum absolute atomic E-state index is 0.0682. The van der Waals surface area contributed by atoms with Crippen LogP contribution in [-0.2, 0) is 6.42 Å². The third kappa shape index (κ3) is 3.68. The summed E-state index contributed by atoms with van der Waals surface area (Å²) in [5, 5.41) is 16.6. The Morgan fingerprint density at radius 2 is 2.32 bits per heavy atom. The summed E-state index contributed by atoms with van der Waals surface area (Å²) in [6.07, 6.45) is 0.802. The number of anilines is 1. The molecule has 1 unspecified atom stereocenters. The monoisotopic (exact) mass is 296 g/mol. The molecule has 1 atom stereocenters. The van der Waals surface area contributed by atoms with Gasteiger partial charge in [0.25, 0.3) is 0 Å². The molecule has 0 radical (unpaired) electrons. The van der Waals surface area contributed by atoms with Crippen molar-refractivity contribution in [1.29, 1.82) is 0 Å². The number of carboxylic acid groups (broad SMARTS) is 1. The van der Waals surface area contributed by atoms with Crippen molar-refractivity contribution in [3.63, 3.8) is 0 Å². The lowest BCUT2D eigenvalue weighted by Crippen LogP contribution is -2.20. The highest BCUT2D eigenvalue weighted by molar-refractivity contribution is 7.07. The molecule has 2 heterocycles. The van der Waals surface area contributed by atoms with E-state index in [0.29, 0.717) is 5.82 Å². The molecule has 2 aromatic heterocycles. The summed E-state index contributed by atoms with van der Waals surface area (Å²) >= 11 is 7.45. The van der Waals surface area contributed by atoms with Gasteiger partial charge in [-0.15, -0.1) is 0 Å². The fraction of sp³-hybridized carbons (Fsp3) is 0.231. The normalized spacial score (nSPS) is 12.1. The molecule has 6 heteroatoms. The lowest BCUT2D eigenvalue weighted by molar-refractivity contribution is 0.0697. The summed E-state index contributed by atoms with van der Waals surface area (Å²) in [6, 6.07) is 5.04. The molecule has 0 aliphatic rings. The van der Waals surface area contributed by atoms with Gasteiger partial charge in [0.1, 0.15) is 16.5 Å². The first-order valence-electron chi connectivity index (χ1n) is 5.73. The van der Waals surface area contributed by atoms with Crippen molar-refractivity contribution >= 4 is 34.7 Å². The predicted octanol–water partition coefficient (Wildman–Crippen LogP) is 3.54. The van der Waals surface area contributed by atoms with Gasteiger partial charge in [0.15, 0.2) is 0 Å². The van der Waals surface area contributed by atoms with Crippen LogP contribution in [0.15, 0.2) is 29.0 Å². The highest BCUT2D eigenvalue weighted by Gasteiger charge is 2.14. The van der Waals surface area contributed by atoms with E-state index < -0.39 is 5.97 Å². The minimum atomic E-state index is -1.02. The van der Waals surface area contributed by atoms with E-state index in [1.54, 1.807) is 11.3 Å². The van der Waals surface area contributed by atoms with E-state index in [2.05, 4.69) is 15.7 Å². The average molecular weight is 297 g/mol. The minimum Gasteiger partial charge on any atom is -0.478 e. The molecule has 0 aliphatic carbocycles. The van der Waals surface area contributed by atoms with Crippen LogP contribution in [-0.4, -0.2) is 22.1 Å². The van der Waals surface area contributed by atoms with Crippen LogP contribution in [0, 0.1) is 0 Å². The van der Waals surface area contributed by atoms with Crippen LogP contribution in [0.1, 0.15) is 22.8 Å². The Labute approximate surface area is 120 Å². The fourth-order valence-electron chi connectivity index (χ4n) is 1.76. The summed E-state index contributed by atoms with van der Waals surface area (Å²) in [5.41, 5.74) is 1.34. The number of aromatic carboxylic acids is 1. The van der Waals surface area contributed by atoms with Gasteiger partial charge in [-0.05, 0) is 47.9 Å². The van der Waals surface area contributed by atoms with Crippen molar-refractivity contribution in [2.75, 3.05) is 5.32 Å². The van der Waals surface area contributed by atoms with Crippen molar-refractivity contribution in [3.05, 3.63) is 45.2 Å². The Balaban J connectivity index is 2.13. The maximum atomic E-state index is 11.1. The van der Waals surface area contributed by atoms with E-state index in [0.717, 1.165) is 6.42 Å². The molecule has 0 aliphatic heterocycles. The summed E-state index contributed by atoms with van der Waals surface area (Å²) in [4.78, 5) is 15.1. The number of hydrogen-bond donors (Lipinski definition) is 2. The Morgan fingerprint density at radius 1 is 1.53 bits per heavy atom. The molecule has 0 saturated heterocycles. The van der Waals surface area contributed by atoms with Gasteiger partial charge < -0.3 is 10.4 Å². The first kappa shape index (κ1) is 13.8. The van der Waals surface area contributed by atoms with Gasteiger partial charge in [-0.3, -0.25) is 0 Å². The number of nitrogens with one attached hydrogen (secondary N) is 1. The molecule has 0 saturated carbocycles. The smallest absolute Gasteiger partial charge is 0.339 e. The van der Waals surface area contributed by atoms with E-state index in [1.807, 2.05) is 18.4 Å². The Kier molecular flexibility index (Phi) is 4.39. The van der Waals surface area contributed by atoms with Gasteiger partial charge >= 0.3 is 5.97 Å². The highest BCUT2D eigenvalue weighted by atomic mass is 35.5. The van der Waals surface area contributed by atoms with E-state index >= 15 is 0 Å². The summed E-state index contributed by atoms with van der Waals surface area (Å²) in [5.74, 6) is -0.711. The van der Waals surface area contributed by atoms with Gasteiger partial charge in [-0.1, -0.05) is 11.6 Å². The Bertz CT molecular complexity index is 572. The zero-order valence-electron chi connectivity index (χ0n) is 10.3. The molecule has 2 aromatic rings. The van der Waals surface area contributed by atoms with Gasteiger partial charge in [-0.25, -0.2) is 9.78 Å². The zero-order valence-corrected chi connectivity index (χ0v) is 11.8. The van der Waals surface area contributed by atoms with Crippen molar-refractivity contribution in [2.24, 2.45) is 0 Å². The summed E-state index contributed by atoms with van der Waals surface area (Å²) in [6.45, 7) is 1.98. The fourth-order valence-corrected chi connectivity index (χ4v) is 2.59. The molecular weight excluding hydrogens is 284 g/mol. The summed E-state index contributed by atoms with van der Waals surface area (Å²) in [7, 11) is 0. The van der Waals surface area contributed by atoms with E-state index in [4.69, 9.17) is 16.7 Å². The molecule has 2 N–H and O–H groups in total. The molecule has 0 aromatic carbocycles. The van der Waals surface area contributed by atoms with Crippen LogP contribution in [0.2, 0.25) is 5.15 Å². The molecule has 19 heavy (non-hydrogen) atoms. The van der Waals surface area contributed by atoms with Crippen molar-refractivity contribution in [3.8, 4) is 0 Å². The van der Waals surface area contributed by atoms with Crippen LogP contribution in [0.5, 0.6) is 0 Å². The third-order valence-electron chi connectivity index (χ3n) is 2.60. The largest absolute Gasteiger partial charge is 0.478 e. The van der Waals surface area contributed by atoms with Gasteiger partial charge in [-0.2, -0.15) is 11.3 Å². The average Bonchev–Trinajstić information content (AvgIpc) is 2.81. The first-order valence-corrected chi connectivity index (χ1v) is 7.06. The quantitative estimate of drug-likeness (QED) is 0.829. The first-order chi connectivity index (χ1) is 9.06. The van der Waals surface area contributed by atoms with Crippen LogP contribution in [0.4, 0.5) is 5.82 Å². The van der Waals surface area contributed by atoms with E-state index in [1.165, 1.54) is 17.7 Å². The number of carboxylic acids is 1. The molecule has 0 amide bonds. The van der Waals surface area contributed by atoms with E-state index in [9.17, 15) is 4.79 Å². The van der Waals surface area contributed by atoms with Crippen LogP contribution < -0.4 is 5.32 Å². The SMILES string of the molecule is CC(Cc1ccsc1)Nc1nc(Cl)ccc1C(=O)O. The molecule has 4 nitrogen and oxygen atoms in total. The lowest BCUT2D eigenvalue weighted by Gasteiger charge is -2.15. The second-order valence-electron chi connectivity index (χ2n) is 4.22. The number of halogens is 1. The van der Waals surface area contributed by atoms with Gasteiger partial charge in [0.05, 0.1) is 0 Å². The molecule has 0 fully saturated rings. The molecule has 100 valence electrons. The number of aromatic nitrogens is 1. The van der Waals surface area contributed by atoms with Crippen molar-refractivity contribution < 1.29 is 9.90 Å². The lowest BCUT2D eigenvalue weighted by atomic mass is 10.1. The Hall–Kier alpha value is -1.59. The number of carbonyl (C=O) groups is 1. The van der Waals surface area contributed by atoms with Crippen LogP contribution in [0.25, 0.3) is 0 Å². The second kappa shape index (κ2) is 6.04. The third-order valence-corrected chi connectivity index (χ3v) is 3.54. The maximum absolute atomic E-state index is 11.1. The van der Waals surface area contributed by atoms with Crippen LogP contribution in [0.3, 0.4) is 0 Å². The van der Waals surface area contributed by atoms with Gasteiger partial charge in [0.2, 0.25) is 0 Å². The number of nitrogens with zero attached hydrogens (tertiary/aromatic N) is 1. The van der Waals surface area contributed by atoms with Crippen molar-refractivity contribution in [1.82, 2.24) is 4.98 Å². The van der Waals surface area contributed by atoms with E-state index in [-0.39, 0.29) is 16.8 Å². The highest BCUT2D eigenvalue weighted by Crippen LogP contribution is 2.19. The number of thiophene rings is 1. The topological polar surface area (TPSA) is 62.2 Å². The predicted molar refractivity (Wildman–Crippen MR) is 77.3 cm³/mol. The molecule has 2 rings (SSSR count). The Morgan fingerprint density at radius 3 is 2.95 bits per heavy atom. The zero-order chi connectivity index (χ0) is 13.8. The summed E-state index contributed by atoms with van der Waals surface area (Å²) < 4.78 is 0. The maximum Gasteiger partial charge on any atom is 0.339 e. The van der Waals surface area contributed by atoms with Crippen LogP contribution >= 0.6 is 22.9 Å². The van der Waals surface area contributed by atoms with Gasteiger partial charge in [0, 0.05) is 6.04 Å². The number of pyridine rings is 1. The molecular formula is C13H13ClN2O2S. The van der Waals surface area contributed by atoms with Crippen molar-refractivity contribution in [2.45, 2.75) is 19.4 Å². The number of hydrogen-bond acceptors (Lipinski definition) is 4. The molecule has 0 bridgehead atoms. The molecule has 0 spiro atoms.